The van der Waals surface area contributed by atoms with E-state index in [4.69, 9.17) is 5.73 Å². The summed E-state index contributed by atoms with van der Waals surface area (Å²) in [6, 6.07) is 5.87. The number of aryl methyl sites for hydroxylation is 2. The zero-order valence-electron chi connectivity index (χ0n) is 9.12. The van der Waals surface area contributed by atoms with Crippen molar-refractivity contribution < 1.29 is 5.11 Å². The van der Waals surface area contributed by atoms with E-state index < -0.39 is 6.10 Å². The molecule has 1 aromatic carbocycles. The van der Waals surface area contributed by atoms with Gasteiger partial charge in [-0.05, 0) is 31.4 Å². The van der Waals surface area contributed by atoms with Gasteiger partial charge in [0, 0.05) is 6.04 Å². The van der Waals surface area contributed by atoms with E-state index in [2.05, 4.69) is 6.07 Å². The highest BCUT2D eigenvalue weighted by molar-refractivity contribution is 5.32. The minimum atomic E-state index is -0.541. The van der Waals surface area contributed by atoms with Crippen LogP contribution in [0.4, 0.5) is 0 Å². The minimum Gasteiger partial charge on any atom is -0.387 e. The number of aliphatic hydroxyl groups excluding tert-OH is 1. The van der Waals surface area contributed by atoms with Crippen molar-refractivity contribution in [1.82, 2.24) is 0 Å². The van der Waals surface area contributed by atoms with Gasteiger partial charge in [-0.1, -0.05) is 30.7 Å². The van der Waals surface area contributed by atoms with Crippen molar-refractivity contribution in [2.45, 2.75) is 39.3 Å². The van der Waals surface area contributed by atoms with Crippen LogP contribution in [0.1, 0.15) is 36.1 Å². The van der Waals surface area contributed by atoms with Crippen LogP contribution in [0.5, 0.6) is 0 Å². The molecule has 14 heavy (non-hydrogen) atoms. The van der Waals surface area contributed by atoms with Crippen molar-refractivity contribution >= 4 is 0 Å². The van der Waals surface area contributed by atoms with Crippen LogP contribution in [0.15, 0.2) is 18.2 Å². The molecule has 0 unspecified atom stereocenters. The monoisotopic (exact) mass is 193 g/mol. The summed E-state index contributed by atoms with van der Waals surface area (Å²) in [4.78, 5) is 0. The molecule has 0 bridgehead atoms. The topological polar surface area (TPSA) is 46.2 Å². The highest BCUT2D eigenvalue weighted by Crippen LogP contribution is 2.21. The fourth-order valence-corrected chi connectivity index (χ4v) is 1.61. The summed E-state index contributed by atoms with van der Waals surface area (Å²) < 4.78 is 0. The Labute approximate surface area is 85.8 Å². The molecule has 1 rings (SSSR count). The molecule has 0 saturated carbocycles. The Morgan fingerprint density at radius 3 is 2.50 bits per heavy atom. The standard InChI is InChI=1S/C12H19NO/c1-4-11(13)12(14)10-6-5-8(2)7-9(10)3/h5-7,11-12,14H,4,13H2,1-3H3/t11-,12-/m1/s1. The van der Waals surface area contributed by atoms with E-state index in [1.165, 1.54) is 5.56 Å². The van der Waals surface area contributed by atoms with E-state index in [1.54, 1.807) is 0 Å². The van der Waals surface area contributed by atoms with Gasteiger partial charge in [-0.2, -0.15) is 0 Å². The lowest BCUT2D eigenvalue weighted by Crippen LogP contribution is -2.27. The van der Waals surface area contributed by atoms with Gasteiger partial charge >= 0.3 is 0 Å². The third-order valence-electron chi connectivity index (χ3n) is 2.62. The molecule has 0 spiro atoms. The third kappa shape index (κ3) is 2.34. The maximum atomic E-state index is 9.94. The Hall–Kier alpha value is -0.860. The average Bonchev–Trinajstić information content (AvgIpc) is 2.15. The van der Waals surface area contributed by atoms with E-state index >= 15 is 0 Å². The number of rotatable bonds is 3. The van der Waals surface area contributed by atoms with Gasteiger partial charge in [-0.15, -0.1) is 0 Å². The van der Waals surface area contributed by atoms with E-state index in [0.29, 0.717) is 0 Å². The molecule has 2 nitrogen and oxygen atoms in total. The van der Waals surface area contributed by atoms with Gasteiger partial charge in [0.05, 0.1) is 6.10 Å². The number of aliphatic hydroxyl groups is 1. The van der Waals surface area contributed by atoms with Crippen LogP contribution in [-0.2, 0) is 0 Å². The first-order valence-corrected chi connectivity index (χ1v) is 5.07. The fraction of sp³-hybridized carbons (Fsp3) is 0.500. The molecule has 0 aliphatic rings. The fourth-order valence-electron chi connectivity index (χ4n) is 1.61. The summed E-state index contributed by atoms with van der Waals surface area (Å²) in [6.07, 6.45) is 0.245. The van der Waals surface area contributed by atoms with Crippen LogP contribution in [0.2, 0.25) is 0 Å². The van der Waals surface area contributed by atoms with Gasteiger partial charge in [0.2, 0.25) is 0 Å². The van der Waals surface area contributed by atoms with Gasteiger partial charge in [-0.3, -0.25) is 0 Å². The van der Waals surface area contributed by atoms with Gasteiger partial charge in [-0.25, -0.2) is 0 Å². The van der Waals surface area contributed by atoms with Crippen LogP contribution in [-0.4, -0.2) is 11.1 Å². The lowest BCUT2D eigenvalue weighted by molar-refractivity contribution is 0.144. The zero-order valence-corrected chi connectivity index (χ0v) is 9.12. The van der Waals surface area contributed by atoms with Gasteiger partial charge < -0.3 is 10.8 Å². The molecule has 0 amide bonds. The van der Waals surface area contributed by atoms with Crippen molar-refractivity contribution in [3.8, 4) is 0 Å². The van der Waals surface area contributed by atoms with Crippen LogP contribution in [0.3, 0.4) is 0 Å². The maximum Gasteiger partial charge on any atom is 0.0943 e. The summed E-state index contributed by atoms with van der Waals surface area (Å²) in [5.74, 6) is 0. The molecule has 0 fully saturated rings. The second kappa shape index (κ2) is 4.58. The Bertz CT molecular complexity index is 309. The molecule has 2 atom stereocenters. The molecule has 3 N–H and O–H groups in total. The van der Waals surface area contributed by atoms with E-state index in [-0.39, 0.29) is 6.04 Å². The normalized spacial score (nSPS) is 15.2. The molecule has 0 aliphatic carbocycles. The first-order chi connectivity index (χ1) is 6.56. The summed E-state index contributed by atoms with van der Waals surface area (Å²) in [7, 11) is 0. The quantitative estimate of drug-likeness (QED) is 0.772. The first-order valence-electron chi connectivity index (χ1n) is 5.07. The second-order valence-electron chi connectivity index (χ2n) is 3.88. The first kappa shape index (κ1) is 11.2. The smallest absolute Gasteiger partial charge is 0.0943 e. The molecule has 78 valence electrons. The second-order valence-corrected chi connectivity index (χ2v) is 3.88. The third-order valence-corrected chi connectivity index (χ3v) is 2.62. The highest BCUT2D eigenvalue weighted by Gasteiger charge is 2.16. The molecular formula is C12H19NO. The van der Waals surface area contributed by atoms with Gasteiger partial charge in [0.1, 0.15) is 0 Å². The molecule has 0 radical (unpaired) electrons. The molecule has 0 heterocycles. The van der Waals surface area contributed by atoms with E-state index in [9.17, 15) is 5.11 Å². The number of hydrogen-bond donors (Lipinski definition) is 2. The van der Waals surface area contributed by atoms with Crippen molar-refractivity contribution in [2.75, 3.05) is 0 Å². The van der Waals surface area contributed by atoms with Gasteiger partial charge in [0.15, 0.2) is 0 Å². The summed E-state index contributed by atoms with van der Waals surface area (Å²) in [5, 5.41) is 9.94. The predicted octanol–water partition coefficient (Wildman–Crippen LogP) is 2.07. The molecule has 2 heteroatoms. The lowest BCUT2D eigenvalue weighted by atomic mass is 9.96. The summed E-state index contributed by atoms with van der Waals surface area (Å²) >= 11 is 0. The van der Waals surface area contributed by atoms with Gasteiger partial charge in [0.25, 0.3) is 0 Å². The van der Waals surface area contributed by atoms with E-state index in [1.807, 2.05) is 32.9 Å². The largest absolute Gasteiger partial charge is 0.387 e. The van der Waals surface area contributed by atoms with Crippen LogP contribution in [0, 0.1) is 13.8 Å². The van der Waals surface area contributed by atoms with Crippen LogP contribution in [0.25, 0.3) is 0 Å². The lowest BCUT2D eigenvalue weighted by Gasteiger charge is -2.19. The Balaban J connectivity index is 2.95. The SMILES string of the molecule is CC[C@@H](N)[C@H](O)c1ccc(C)cc1C. The molecule has 0 aliphatic heterocycles. The summed E-state index contributed by atoms with van der Waals surface area (Å²) in [6.45, 7) is 6.04. The van der Waals surface area contributed by atoms with Crippen LogP contribution >= 0.6 is 0 Å². The maximum absolute atomic E-state index is 9.94. The Kier molecular flexibility index (Phi) is 3.67. The minimum absolute atomic E-state index is 0.170. The molecular weight excluding hydrogens is 174 g/mol. The number of hydrogen-bond acceptors (Lipinski definition) is 2. The van der Waals surface area contributed by atoms with Crippen molar-refractivity contribution in [3.63, 3.8) is 0 Å². The Morgan fingerprint density at radius 2 is 2.00 bits per heavy atom. The number of benzene rings is 1. The van der Waals surface area contributed by atoms with Crippen molar-refractivity contribution in [2.24, 2.45) is 5.73 Å². The zero-order chi connectivity index (χ0) is 10.7. The Morgan fingerprint density at radius 1 is 1.36 bits per heavy atom. The van der Waals surface area contributed by atoms with Crippen molar-refractivity contribution in [3.05, 3.63) is 34.9 Å². The predicted molar refractivity (Wildman–Crippen MR) is 59.1 cm³/mol. The highest BCUT2D eigenvalue weighted by atomic mass is 16.3. The number of nitrogens with two attached hydrogens (primary N) is 1. The average molecular weight is 193 g/mol. The molecule has 1 aromatic rings. The van der Waals surface area contributed by atoms with Crippen LogP contribution < -0.4 is 5.73 Å². The van der Waals surface area contributed by atoms with Crippen molar-refractivity contribution in [1.29, 1.82) is 0 Å². The molecule has 0 saturated heterocycles. The van der Waals surface area contributed by atoms with E-state index in [0.717, 1.165) is 17.5 Å². The summed E-state index contributed by atoms with van der Waals surface area (Å²) in [5.41, 5.74) is 9.08. The molecule has 0 aromatic heterocycles.